The minimum Gasteiger partial charge on any atom is -0.399 e. The fourth-order valence-corrected chi connectivity index (χ4v) is 1.46. The molecule has 0 aliphatic carbocycles. The number of hydrogen-bond acceptors (Lipinski definition) is 3. The van der Waals surface area contributed by atoms with Gasteiger partial charge in [-0.3, -0.25) is 0 Å². The van der Waals surface area contributed by atoms with Gasteiger partial charge >= 0.3 is 0 Å². The van der Waals surface area contributed by atoms with Gasteiger partial charge in [-0.1, -0.05) is 17.8 Å². The molecule has 0 unspecified atom stereocenters. The second-order valence-electron chi connectivity index (χ2n) is 3.78. The van der Waals surface area contributed by atoms with Crippen molar-refractivity contribution in [1.82, 2.24) is 0 Å². The molecule has 0 saturated carbocycles. The van der Waals surface area contributed by atoms with Crippen LogP contribution in [0.4, 0.5) is 5.69 Å². The molecule has 3 heteroatoms. The molecular weight excluding hydrogens is 200 g/mol. The van der Waals surface area contributed by atoms with Crippen LogP contribution in [-0.4, -0.2) is 12.3 Å². The summed E-state index contributed by atoms with van der Waals surface area (Å²) in [6, 6.07) is 3.98. The second-order valence-corrected chi connectivity index (χ2v) is 3.78. The van der Waals surface area contributed by atoms with Crippen LogP contribution >= 0.6 is 0 Å². The summed E-state index contributed by atoms with van der Waals surface area (Å²) in [5.74, 6) is 0. The van der Waals surface area contributed by atoms with Crippen molar-refractivity contribution in [2.75, 3.05) is 12.3 Å². The summed E-state index contributed by atoms with van der Waals surface area (Å²) in [5.41, 5.74) is 10.7. The Bertz CT molecular complexity index is 422. The summed E-state index contributed by atoms with van der Waals surface area (Å²) in [5, 5.41) is 4.02. The highest BCUT2D eigenvalue weighted by molar-refractivity contribution is 6.00. The third kappa shape index (κ3) is 2.86. The van der Waals surface area contributed by atoms with Gasteiger partial charge in [0, 0.05) is 11.3 Å². The summed E-state index contributed by atoms with van der Waals surface area (Å²) < 4.78 is 0. The highest BCUT2D eigenvalue weighted by Crippen LogP contribution is 2.18. The van der Waals surface area contributed by atoms with Crippen LogP contribution in [0.3, 0.4) is 0 Å². The van der Waals surface area contributed by atoms with Crippen molar-refractivity contribution in [3.05, 3.63) is 41.5 Å². The number of hydrogen-bond donors (Lipinski definition) is 1. The van der Waals surface area contributed by atoms with Crippen LogP contribution in [-0.2, 0) is 4.84 Å². The minimum absolute atomic E-state index is 0.421. The number of aryl methyl sites for hydroxylation is 2. The lowest BCUT2D eigenvalue weighted by molar-refractivity contribution is 0.175. The number of benzene rings is 1. The molecular formula is C13H18N2O. The SMILES string of the molecule is C=CCO/N=C(\C)c1cc(C)c(N)cc1C. The molecule has 16 heavy (non-hydrogen) atoms. The van der Waals surface area contributed by atoms with E-state index in [4.69, 9.17) is 10.6 Å². The molecule has 86 valence electrons. The minimum atomic E-state index is 0.421. The van der Waals surface area contributed by atoms with Gasteiger partial charge < -0.3 is 10.6 Å². The summed E-state index contributed by atoms with van der Waals surface area (Å²) >= 11 is 0. The number of nitrogen functional groups attached to an aromatic ring is 1. The Morgan fingerprint density at radius 1 is 1.44 bits per heavy atom. The van der Waals surface area contributed by atoms with Crippen LogP contribution in [0.2, 0.25) is 0 Å². The largest absolute Gasteiger partial charge is 0.399 e. The van der Waals surface area contributed by atoms with Crippen LogP contribution in [0.15, 0.2) is 29.9 Å². The predicted octanol–water partition coefficient (Wildman–Crippen LogP) is 2.81. The first-order chi connectivity index (χ1) is 7.56. The molecule has 1 aromatic carbocycles. The van der Waals surface area contributed by atoms with E-state index in [9.17, 15) is 0 Å². The molecule has 0 aromatic heterocycles. The van der Waals surface area contributed by atoms with Crippen molar-refractivity contribution in [1.29, 1.82) is 0 Å². The van der Waals surface area contributed by atoms with Crippen molar-refractivity contribution in [3.8, 4) is 0 Å². The maximum Gasteiger partial charge on any atom is 0.135 e. The van der Waals surface area contributed by atoms with Crippen LogP contribution in [0.25, 0.3) is 0 Å². The van der Waals surface area contributed by atoms with Crippen molar-refractivity contribution < 1.29 is 4.84 Å². The van der Waals surface area contributed by atoms with Crippen molar-refractivity contribution >= 4 is 11.4 Å². The third-order valence-corrected chi connectivity index (χ3v) is 2.40. The molecule has 0 aliphatic heterocycles. The summed E-state index contributed by atoms with van der Waals surface area (Å²) in [4.78, 5) is 5.06. The molecule has 0 radical (unpaired) electrons. The average molecular weight is 218 g/mol. The Hall–Kier alpha value is -1.77. The molecule has 1 rings (SSSR count). The predicted molar refractivity (Wildman–Crippen MR) is 68.7 cm³/mol. The van der Waals surface area contributed by atoms with Gasteiger partial charge in [0.1, 0.15) is 6.61 Å². The van der Waals surface area contributed by atoms with E-state index in [1.165, 1.54) is 0 Å². The molecule has 1 aromatic rings. The Labute approximate surface area is 96.6 Å². The van der Waals surface area contributed by atoms with E-state index in [0.29, 0.717) is 6.61 Å². The zero-order chi connectivity index (χ0) is 12.1. The summed E-state index contributed by atoms with van der Waals surface area (Å²) in [6.07, 6.45) is 1.66. The lowest BCUT2D eigenvalue weighted by atomic mass is 10.0. The van der Waals surface area contributed by atoms with Gasteiger partial charge in [0.25, 0.3) is 0 Å². The third-order valence-electron chi connectivity index (χ3n) is 2.40. The van der Waals surface area contributed by atoms with Gasteiger partial charge in [0.05, 0.1) is 5.71 Å². The zero-order valence-corrected chi connectivity index (χ0v) is 10.1. The first kappa shape index (κ1) is 12.3. The van der Waals surface area contributed by atoms with Crippen LogP contribution in [0.1, 0.15) is 23.6 Å². The maximum atomic E-state index is 5.83. The van der Waals surface area contributed by atoms with E-state index in [1.54, 1.807) is 6.08 Å². The van der Waals surface area contributed by atoms with Gasteiger partial charge in [0.2, 0.25) is 0 Å². The molecule has 0 atom stereocenters. The normalized spacial score (nSPS) is 11.3. The van der Waals surface area contributed by atoms with Crippen molar-refractivity contribution in [2.24, 2.45) is 5.16 Å². The lowest BCUT2D eigenvalue weighted by Gasteiger charge is -2.08. The maximum absolute atomic E-state index is 5.83. The van der Waals surface area contributed by atoms with Gasteiger partial charge in [0.15, 0.2) is 0 Å². The van der Waals surface area contributed by atoms with Crippen molar-refractivity contribution in [3.63, 3.8) is 0 Å². The van der Waals surface area contributed by atoms with E-state index >= 15 is 0 Å². The Kier molecular flexibility index (Phi) is 4.11. The molecule has 0 bridgehead atoms. The van der Waals surface area contributed by atoms with Crippen LogP contribution < -0.4 is 5.73 Å². The fourth-order valence-electron chi connectivity index (χ4n) is 1.46. The van der Waals surface area contributed by atoms with Gasteiger partial charge in [-0.2, -0.15) is 0 Å². The Morgan fingerprint density at radius 3 is 2.75 bits per heavy atom. The highest BCUT2D eigenvalue weighted by atomic mass is 16.6. The Balaban J connectivity index is 2.99. The quantitative estimate of drug-likeness (QED) is 0.278. The number of rotatable bonds is 4. The molecule has 0 aliphatic rings. The first-order valence-corrected chi connectivity index (χ1v) is 5.20. The Morgan fingerprint density at radius 2 is 2.12 bits per heavy atom. The van der Waals surface area contributed by atoms with Crippen LogP contribution in [0, 0.1) is 13.8 Å². The molecule has 0 spiro atoms. The van der Waals surface area contributed by atoms with E-state index in [0.717, 1.165) is 28.1 Å². The number of anilines is 1. The fraction of sp³-hybridized carbons (Fsp3) is 0.308. The lowest BCUT2D eigenvalue weighted by Crippen LogP contribution is -2.02. The van der Waals surface area contributed by atoms with E-state index in [-0.39, 0.29) is 0 Å². The number of oxime groups is 1. The molecule has 0 heterocycles. The molecule has 3 nitrogen and oxygen atoms in total. The van der Waals surface area contributed by atoms with Crippen molar-refractivity contribution in [2.45, 2.75) is 20.8 Å². The molecule has 0 amide bonds. The smallest absolute Gasteiger partial charge is 0.135 e. The standard InChI is InChI=1S/C13H18N2O/c1-5-6-16-15-11(4)12-7-10(3)13(14)8-9(12)2/h5,7-8H,1,6,14H2,2-4H3/b15-11+. The molecule has 2 N–H and O–H groups in total. The zero-order valence-electron chi connectivity index (χ0n) is 10.1. The van der Waals surface area contributed by atoms with Gasteiger partial charge in [-0.05, 0) is 44.0 Å². The number of nitrogens with zero attached hydrogens (tertiary/aromatic N) is 1. The van der Waals surface area contributed by atoms with E-state index in [1.807, 2.05) is 32.9 Å². The van der Waals surface area contributed by atoms with Gasteiger partial charge in [-0.25, -0.2) is 0 Å². The topological polar surface area (TPSA) is 47.6 Å². The first-order valence-electron chi connectivity index (χ1n) is 5.20. The monoisotopic (exact) mass is 218 g/mol. The summed E-state index contributed by atoms with van der Waals surface area (Å²) in [7, 11) is 0. The van der Waals surface area contributed by atoms with E-state index in [2.05, 4.69) is 11.7 Å². The van der Waals surface area contributed by atoms with E-state index < -0.39 is 0 Å². The second kappa shape index (κ2) is 5.35. The van der Waals surface area contributed by atoms with Crippen LogP contribution in [0.5, 0.6) is 0 Å². The molecule has 0 saturated heterocycles. The van der Waals surface area contributed by atoms with Gasteiger partial charge in [-0.15, -0.1) is 0 Å². The highest BCUT2D eigenvalue weighted by Gasteiger charge is 2.05. The number of nitrogens with two attached hydrogens (primary N) is 1. The average Bonchev–Trinajstić information content (AvgIpc) is 2.23. The molecule has 0 fully saturated rings. The summed E-state index contributed by atoms with van der Waals surface area (Å²) in [6.45, 7) is 9.90.